The topological polar surface area (TPSA) is 78.6 Å². The number of hydrogen-bond acceptors (Lipinski definition) is 5. The largest absolute Gasteiger partial charge is 0.516 e. The summed E-state index contributed by atoms with van der Waals surface area (Å²) in [6.45, 7) is 0.123. The maximum Gasteiger partial charge on any atom is 0.516 e. The SMILES string of the molecule is NC1(C(=O)OC(=O)OCC2c3ccccc3-c3ccccc32)CCCCC1. The van der Waals surface area contributed by atoms with Crippen LogP contribution in [0.1, 0.15) is 49.1 Å². The number of carbonyl (C=O) groups excluding carboxylic acids is 2. The van der Waals surface area contributed by atoms with E-state index in [0.717, 1.165) is 41.5 Å². The molecule has 2 aromatic rings. The molecule has 4 rings (SSSR count). The molecule has 0 atom stereocenters. The molecule has 2 aliphatic carbocycles. The Labute approximate surface area is 158 Å². The van der Waals surface area contributed by atoms with E-state index in [2.05, 4.69) is 12.1 Å². The standard InChI is InChI=1S/C22H23NO4/c23-22(12-6-1-7-13-22)20(24)27-21(25)26-14-19-17-10-4-2-8-15(17)16-9-3-5-11-18(16)19/h2-5,8-11,19H,1,6-7,12-14,23H2. The van der Waals surface area contributed by atoms with Gasteiger partial charge in [0.15, 0.2) is 0 Å². The Bertz CT molecular complexity index is 825. The molecule has 2 aromatic carbocycles. The summed E-state index contributed by atoms with van der Waals surface area (Å²) in [5, 5.41) is 0. The van der Waals surface area contributed by atoms with Crippen LogP contribution in [-0.4, -0.2) is 24.3 Å². The Morgan fingerprint density at radius 1 is 0.926 bits per heavy atom. The lowest BCUT2D eigenvalue weighted by molar-refractivity contribution is -0.147. The molecular formula is C22H23NO4. The molecule has 27 heavy (non-hydrogen) atoms. The van der Waals surface area contributed by atoms with Gasteiger partial charge in [-0.3, -0.25) is 0 Å². The quantitative estimate of drug-likeness (QED) is 0.653. The normalized spacial score (nSPS) is 17.7. The lowest BCUT2D eigenvalue weighted by Gasteiger charge is -2.30. The maximum absolute atomic E-state index is 12.3. The van der Waals surface area contributed by atoms with Crippen molar-refractivity contribution in [2.24, 2.45) is 5.73 Å². The van der Waals surface area contributed by atoms with E-state index in [1.54, 1.807) is 0 Å². The lowest BCUT2D eigenvalue weighted by atomic mass is 9.83. The van der Waals surface area contributed by atoms with Crippen LogP contribution in [0.4, 0.5) is 4.79 Å². The first-order chi connectivity index (χ1) is 13.1. The van der Waals surface area contributed by atoms with Crippen LogP contribution in [0.5, 0.6) is 0 Å². The van der Waals surface area contributed by atoms with Crippen molar-refractivity contribution < 1.29 is 19.1 Å². The summed E-state index contributed by atoms with van der Waals surface area (Å²) < 4.78 is 10.2. The zero-order valence-electron chi connectivity index (χ0n) is 15.1. The number of benzene rings is 2. The van der Waals surface area contributed by atoms with Gasteiger partial charge in [0.05, 0.1) is 0 Å². The second kappa shape index (κ2) is 7.16. The molecule has 0 aromatic heterocycles. The number of fused-ring (bicyclic) bond motifs is 3. The predicted octanol–water partition coefficient (Wildman–Crippen LogP) is 4.14. The molecule has 0 saturated heterocycles. The molecule has 0 unspecified atom stereocenters. The average molecular weight is 365 g/mol. The van der Waals surface area contributed by atoms with Gasteiger partial charge in [-0.1, -0.05) is 67.8 Å². The van der Waals surface area contributed by atoms with Crippen molar-refractivity contribution in [2.75, 3.05) is 6.61 Å². The zero-order chi connectivity index (χ0) is 18.9. The van der Waals surface area contributed by atoms with Crippen molar-refractivity contribution in [1.82, 2.24) is 0 Å². The first-order valence-electron chi connectivity index (χ1n) is 9.45. The van der Waals surface area contributed by atoms with Crippen molar-refractivity contribution in [1.29, 1.82) is 0 Å². The van der Waals surface area contributed by atoms with E-state index in [9.17, 15) is 9.59 Å². The summed E-state index contributed by atoms with van der Waals surface area (Å²) >= 11 is 0. The third-order valence-corrected chi connectivity index (χ3v) is 5.66. The minimum atomic E-state index is -1.07. The van der Waals surface area contributed by atoms with E-state index in [0.29, 0.717) is 12.8 Å². The highest BCUT2D eigenvalue weighted by Crippen LogP contribution is 2.44. The van der Waals surface area contributed by atoms with Crippen LogP contribution < -0.4 is 5.73 Å². The van der Waals surface area contributed by atoms with Gasteiger partial charge in [0, 0.05) is 5.92 Å². The van der Waals surface area contributed by atoms with Gasteiger partial charge < -0.3 is 15.2 Å². The third kappa shape index (κ3) is 3.35. The number of nitrogens with two attached hydrogens (primary N) is 1. The van der Waals surface area contributed by atoms with Crippen molar-refractivity contribution in [3.8, 4) is 11.1 Å². The number of esters is 1. The Kier molecular flexibility index (Phi) is 4.70. The van der Waals surface area contributed by atoms with Crippen LogP contribution in [0.15, 0.2) is 48.5 Å². The highest BCUT2D eigenvalue weighted by atomic mass is 16.7. The lowest BCUT2D eigenvalue weighted by Crippen LogP contribution is -2.51. The second-order valence-corrected chi connectivity index (χ2v) is 7.39. The van der Waals surface area contributed by atoms with Gasteiger partial charge >= 0.3 is 12.1 Å². The van der Waals surface area contributed by atoms with Crippen LogP contribution in [0.25, 0.3) is 11.1 Å². The van der Waals surface area contributed by atoms with Crippen molar-refractivity contribution >= 4 is 12.1 Å². The van der Waals surface area contributed by atoms with Crippen LogP contribution >= 0.6 is 0 Å². The van der Waals surface area contributed by atoms with E-state index >= 15 is 0 Å². The van der Waals surface area contributed by atoms with Gasteiger partial charge in [0.25, 0.3) is 0 Å². The van der Waals surface area contributed by atoms with Gasteiger partial charge in [0.1, 0.15) is 12.1 Å². The van der Waals surface area contributed by atoms with Crippen molar-refractivity contribution in [2.45, 2.75) is 43.6 Å². The van der Waals surface area contributed by atoms with Gasteiger partial charge in [-0.05, 0) is 35.1 Å². The fourth-order valence-electron chi connectivity index (χ4n) is 4.18. The molecule has 0 bridgehead atoms. The fourth-order valence-corrected chi connectivity index (χ4v) is 4.18. The highest BCUT2D eigenvalue weighted by Gasteiger charge is 2.39. The summed E-state index contributed by atoms with van der Waals surface area (Å²) in [5.41, 5.74) is 9.57. The molecule has 0 heterocycles. The molecule has 2 aliphatic rings. The van der Waals surface area contributed by atoms with Crippen molar-refractivity contribution in [3.05, 3.63) is 59.7 Å². The predicted molar refractivity (Wildman–Crippen MR) is 101 cm³/mol. The summed E-state index contributed by atoms with van der Waals surface area (Å²) in [4.78, 5) is 24.4. The molecule has 5 heteroatoms. The van der Waals surface area contributed by atoms with Crippen LogP contribution in [0, 0.1) is 0 Å². The molecular weight excluding hydrogens is 342 g/mol. The summed E-state index contributed by atoms with van der Waals surface area (Å²) in [7, 11) is 0. The number of rotatable bonds is 3. The Morgan fingerprint density at radius 3 is 2.07 bits per heavy atom. The average Bonchev–Trinajstić information content (AvgIpc) is 3.01. The molecule has 0 aliphatic heterocycles. The fraction of sp³-hybridized carbons (Fsp3) is 0.364. The minimum Gasteiger partial charge on any atom is -0.433 e. The summed E-state index contributed by atoms with van der Waals surface area (Å²) in [6, 6.07) is 16.1. The second-order valence-electron chi connectivity index (χ2n) is 7.39. The minimum absolute atomic E-state index is 0.0680. The molecule has 140 valence electrons. The Morgan fingerprint density at radius 2 is 1.48 bits per heavy atom. The Balaban J connectivity index is 1.43. The van der Waals surface area contributed by atoms with Crippen LogP contribution in [0.3, 0.4) is 0 Å². The highest BCUT2D eigenvalue weighted by molar-refractivity contribution is 5.88. The van der Waals surface area contributed by atoms with E-state index in [1.807, 2.05) is 36.4 Å². The molecule has 1 fully saturated rings. The molecule has 5 nitrogen and oxygen atoms in total. The zero-order valence-corrected chi connectivity index (χ0v) is 15.1. The summed E-state index contributed by atoms with van der Waals surface area (Å²) in [5.74, 6) is -0.749. The van der Waals surface area contributed by atoms with E-state index in [-0.39, 0.29) is 12.5 Å². The molecule has 1 saturated carbocycles. The summed E-state index contributed by atoms with van der Waals surface area (Å²) in [6.07, 6.45) is 2.91. The van der Waals surface area contributed by atoms with E-state index in [4.69, 9.17) is 15.2 Å². The van der Waals surface area contributed by atoms with E-state index < -0.39 is 17.7 Å². The first-order valence-corrected chi connectivity index (χ1v) is 9.45. The van der Waals surface area contributed by atoms with Crippen LogP contribution in [-0.2, 0) is 14.3 Å². The van der Waals surface area contributed by atoms with Gasteiger partial charge in [0.2, 0.25) is 0 Å². The number of hydrogen-bond donors (Lipinski definition) is 1. The van der Waals surface area contributed by atoms with E-state index in [1.165, 1.54) is 0 Å². The van der Waals surface area contributed by atoms with Crippen LogP contribution in [0.2, 0.25) is 0 Å². The first kappa shape index (κ1) is 17.7. The van der Waals surface area contributed by atoms with Gasteiger partial charge in [-0.25, -0.2) is 9.59 Å². The number of carbonyl (C=O) groups is 2. The molecule has 0 radical (unpaired) electrons. The number of ether oxygens (including phenoxy) is 2. The van der Waals surface area contributed by atoms with Gasteiger partial charge in [-0.15, -0.1) is 0 Å². The molecule has 0 amide bonds. The third-order valence-electron chi connectivity index (χ3n) is 5.66. The Hall–Kier alpha value is -2.66. The molecule has 2 N–H and O–H groups in total. The smallest absolute Gasteiger partial charge is 0.433 e. The molecule has 0 spiro atoms. The monoisotopic (exact) mass is 365 g/mol. The maximum atomic E-state index is 12.3. The van der Waals surface area contributed by atoms with Gasteiger partial charge in [-0.2, -0.15) is 0 Å². The van der Waals surface area contributed by atoms with Crippen molar-refractivity contribution in [3.63, 3.8) is 0 Å².